The number of aromatic nitrogens is 4. The van der Waals surface area contributed by atoms with Gasteiger partial charge < -0.3 is 0 Å². The van der Waals surface area contributed by atoms with Gasteiger partial charge in [0.25, 0.3) is 0 Å². The van der Waals surface area contributed by atoms with E-state index < -0.39 is 0 Å². The molecule has 0 amide bonds. The fourth-order valence-corrected chi connectivity index (χ4v) is 7.33. The van der Waals surface area contributed by atoms with Crippen LogP contribution >= 0.6 is 0 Å². The molecule has 2 heterocycles. The van der Waals surface area contributed by atoms with E-state index in [1.807, 2.05) is 24.8 Å². The Bertz CT molecular complexity index is 1850. The van der Waals surface area contributed by atoms with Crippen LogP contribution in [-0.2, 0) is 5.41 Å². The van der Waals surface area contributed by atoms with Gasteiger partial charge in [-0.25, -0.2) is 19.9 Å². The lowest BCUT2D eigenvalue weighted by Gasteiger charge is -2.36. The first-order valence-corrected chi connectivity index (χ1v) is 14.8. The van der Waals surface area contributed by atoms with Gasteiger partial charge in [0.1, 0.15) is 12.7 Å². The average molecular weight is 543 g/mol. The number of benzene rings is 4. The van der Waals surface area contributed by atoms with Crippen LogP contribution in [0.3, 0.4) is 0 Å². The average Bonchev–Trinajstić information content (AvgIpc) is 3.35. The highest BCUT2D eigenvalue weighted by atomic mass is 14.8. The van der Waals surface area contributed by atoms with Gasteiger partial charge >= 0.3 is 0 Å². The summed E-state index contributed by atoms with van der Waals surface area (Å²) in [6.45, 7) is 0. The van der Waals surface area contributed by atoms with E-state index in [-0.39, 0.29) is 5.41 Å². The summed E-state index contributed by atoms with van der Waals surface area (Å²) in [7, 11) is 0. The van der Waals surface area contributed by atoms with Crippen molar-refractivity contribution < 1.29 is 0 Å². The van der Waals surface area contributed by atoms with Crippen LogP contribution in [0.5, 0.6) is 0 Å². The molecule has 1 spiro atoms. The Kier molecular flexibility index (Phi) is 5.99. The lowest BCUT2D eigenvalue weighted by atomic mass is 9.68. The van der Waals surface area contributed by atoms with Crippen LogP contribution in [0.25, 0.3) is 55.6 Å². The minimum Gasteiger partial charge on any atom is -0.244 e. The Balaban J connectivity index is 1.29. The molecule has 6 aromatic rings. The largest absolute Gasteiger partial charge is 0.244 e. The van der Waals surface area contributed by atoms with Crippen molar-refractivity contribution in [3.8, 4) is 55.6 Å². The van der Waals surface area contributed by atoms with Gasteiger partial charge in [-0.1, -0.05) is 79.9 Å². The van der Waals surface area contributed by atoms with Gasteiger partial charge in [-0.2, -0.15) is 0 Å². The summed E-state index contributed by atoms with van der Waals surface area (Å²) in [5.74, 6) is 0. The van der Waals surface area contributed by atoms with E-state index >= 15 is 0 Å². The van der Waals surface area contributed by atoms with Crippen molar-refractivity contribution in [2.45, 2.75) is 37.5 Å². The molecule has 0 N–H and O–H groups in total. The molecule has 8 rings (SSSR count). The number of hydrogen-bond acceptors (Lipinski definition) is 4. The van der Waals surface area contributed by atoms with E-state index in [9.17, 15) is 0 Å². The van der Waals surface area contributed by atoms with Crippen LogP contribution in [0.1, 0.15) is 43.2 Å². The highest BCUT2D eigenvalue weighted by Crippen LogP contribution is 2.57. The molecule has 1 fully saturated rings. The summed E-state index contributed by atoms with van der Waals surface area (Å²) >= 11 is 0. The quantitative estimate of drug-likeness (QED) is 0.223. The Morgan fingerprint density at radius 2 is 0.952 bits per heavy atom. The zero-order valence-electron chi connectivity index (χ0n) is 23.4. The standard InChI is InChI=1S/C38H30N4/c1-4-14-38(15-5-1)35-12-3-2-10-34(35)37-33(11-7-13-36(37)38)27-9-6-8-26(16-27)28-17-29(31-20-39-24-40-21-31)19-30(18-28)32-22-41-25-42-23-32/h2-3,6-13,16-25H,1,4-5,14-15H2. The van der Waals surface area contributed by atoms with Gasteiger partial charge in [0.05, 0.1) is 0 Å². The van der Waals surface area contributed by atoms with Gasteiger partial charge in [0.15, 0.2) is 0 Å². The second kappa shape index (κ2) is 10.1. The van der Waals surface area contributed by atoms with E-state index in [0.717, 1.165) is 27.8 Å². The van der Waals surface area contributed by atoms with Gasteiger partial charge in [-0.3, -0.25) is 0 Å². The van der Waals surface area contributed by atoms with E-state index in [1.165, 1.54) is 71.0 Å². The second-order valence-corrected chi connectivity index (χ2v) is 11.6. The highest BCUT2D eigenvalue weighted by molar-refractivity contribution is 5.94. The Labute approximate surface area is 246 Å². The van der Waals surface area contributed by atoms with Crippen molar-refractivity contribution in [3.63, 3.8) is 0 Å². The van der Waals surface area contributed by atoms with Crippen molar-refractivity contribution in [3.05, 3.63) is 133 Å². The van der Waals surface area contributed by atoms with Crippen LogP contribution in [0.4, 0.5) is 0 Å². The van der Waals surface area contributed by atoms with E-state index in [1.54, 1.807) is 12.7 Å². The van der Waals surface area contributed by atoms with Crippen LogP contribution in [0.15, 0.2) is 122 Å². The molecule has 4 aromatic carbocycles. The first kappa shape index (κ1) is 24.8. The number of hydrogen-bond donors (Lipinski definition) is 0. The first-order chi connectivity index (χ1) is 20.8. The Morgan fingerprint density at radius 1 is 0.429 bits per heavy atom. The molecule has 0 unspecified atom stereocenters. The van der Waals surface area contributed by atoms with E-state index in [0.29, 0.717) is 0 Å². The summed E-state index contributed by atoms with van der Waals surface area (Å²) in [5, 5.41) is 0. The van der Waals surface area contributed by atoms with Crippen LogP contribution in [0, 0.1) is 0 Å². The normalized spacial score (nSPS) is 14.9. The van der Waals surface area contributed by atoms with E-state index in [4.69, 9.17) is 0 Å². The summed E-state index contributed by atoms with van der Waals surface area (Å²) in [4.78, 5) is 17.1. The molecule has 4 heteroatoms. The number of rotatable bonds is 4. The van der Waals surface area contributed by atoms with Crippen LogP contribution in [0.2, 0.25) is 0 Å². The molecule has 0 radical (unpaired) electrons. The second-order valence-electron chi connectivity index (χ2n) is 11.6. The smallest absolute Gasteiger partial charge is 0.115 e. The van der Waals surface area contributed by atoms with Crippen molar-refractivity contribution in [2.24, 2.45) is 0 Å². The summed E-state index contributed by atoms with van der Waals surface area (Å²) < 4.78 is 0. The van der Waals surface area contributed by atoms with Crippen molar-refractivity contribution in [1.29, 1.82) is 0 Å². The summed E-state index contributed by atoms with van der Waals surface area (Å²) in [5.41, 5.74) is 15.0. The zero-order valence-corrected chi connectivity index (χ0v) is 23.4. The lowest BCUT2D eigenvalue weighted by molar-refractivity contribution is 0.353. The fraction of sp³-hybridized carbons (Fsp3) is 0.158. The maximum Gasteiger partial charge on any atom is 0.115 e. The third-order valence-electron chi connectivity index (χ3n) is 9.23. The number of nitrogens with zero attached hydrogens (tertiary/aromatic N) is 4. The lowest BCUT2D eigenvalue weighted by Crippen LogP contribution is -2.27. The van der Waals surface area contributed by atoms with Crippen LogP contribution in [-0.4, -0.2) is 19.9 Å². The Hall–Kier alpha value is -4.96. The van der Waals surface area contributed by atoms with Gasteiger partial charge in [-0.05, 0) is 92.7 Å². The molecule has 0 saturated heterocycles. The molecule has 0 atom stereocenters. The van der Waals surface area contributed by atoms with Crippen molar-refractivity contribution in [2.75, 3.05) is 0 Å². The Morgan fingerprint density at radius 3 is 1.64 bits per heavy atom. The highest BCUT2D eigenvalue weighted by Gasteiger charge is 2.44. The topological polar surface area (TPSA) is 51.6 Å². The molecule has 42 heavy (non-hydrogen) atoms. The van der Waals surface area contributed by atoms with Gasteiger partial charge in [0, 0.05) is 41.3 Å². The SMILES string of the molecule is c1cc(-c2cc(-c3cncnc3)cc(-c3cncnc3)c2)cc(-c2cccc3c2-c2ccccc2C32CCCCC2)c1. The maximum atomic E-state index is 4.27. The first-order valence-electron chi connectivity index (χ1n) is 14.8. The molecule has 1 saturated carbocycles. The third-order valence-corrected chi connectivity index (χ3v) is 9.23. The van der Waals surface area contributed by atoms with E-state index in [2.05, 4.69) is 105 Å². The fourth-order valence-electron chi connectivity index (χ4n) is 7.33. The molecular weight excluding hydrogens is 512 g/mol. The van der Waals surface area contributed by atoms with Crippen molar-refractivity contribution >= 4 is 0 Å². The minimum atomic E-state index is 0.149. The summed E-state index contributed by atoms with van der Waals surface area (Å²) in [6.07, 6.45) is 17.0. The minimum absolute atomic E-state index is 0.149. The molecule has 2 aliphatic carbocycles. The maximum absolute atomic E-state index is 4.27. The zero-order chi connectivity index (χ0) is 27.9. The predicted molar refractivity (Wildman–Crippen MR) is 169 cm³/mol. The van der Waals surface area contributed by atoms with Gasteiger partial charge in [-0.15, -0.1) is 0 Å². The molecule has 2 aromatic heterocycles. The molecule has 4 nitrogen and oxygen atoms in total. The molecule has 2 aliphatic rings. The van der Waals surface area contributed by atoms with Gasteiger partial charge in [0.2, 0.25) is 0 Å². The predicted octanol–water partition coefficient (Wildman–Crippen LogP) is 9.17. The van der Waals surface area contributed by atoms with Crippen LogP contribution < -0.4 is 0 Å². The molecular formula is C38H30N4. The third kappa shape index (κ3) is 4.06. The van der Waals surface area contributed by atoms with Crippen molar-refractivity contribution in [1.82, 2.24) is 19.9 Å². The number of fused-ring (bicyclic) bond motifs is 5. The summed E-state index contributed by atoms with van der Waals surface area (Å²) in [6, 6.07) is 31.7. The molecule has 202 valence electrons. The molecule has 0 aliphatic heterocycles. The molecule has 0 bridgehead atoms. The monoisotopic (exact) mass is 542 g/mol.